The summed E-state index contributed by atoms with van der Waals surface area (Å²) in [6.07, 6.45) is 0.865. The van der Waals surface area contributed by atoms with Gasteiger partial charge in [-0.3, -0.25) is 4.79 Å². The third kappa shape index (κ3) is 5.76. The van der Waals surface area contributed by atoms with Gasteiger partial charge in [0.1, 0.15) is 11.5 Å². The average Bonchev–Trinajstić information content (AvgIpc) is 3.30. The monoisotopic (exact) mass is 422 g/mol. The number of hydrogen-bond acceptors (Lipinski definition) is 8. The minimum Gasteiger partial charge on any atom is -0.492 e. The number of nitrogens with zero attached hydrogens (tertiary/aromatic N) is 1. The fraction of sp³-hybridized carbons (Fsp3) is 0.619. The van der Waals surface area contributed by atoms with Crippen LogP contribution in [0.5, 0.6) is 11.5 Å². The predicted molar refractivity (Wildman–Crippen MR) is 110 cm³/mol. The Hall–Kier alpha value is -2.52. The van der Waals surface area contributed by atoms with Crippen LogP contribution in [-0.4, -0.2) is 70.7 Å². The number of ether oxygens (including phenoxy) is 5. The lowest BCUT2D eigenvalue weighted by Gasteiger charge is -2.31. The van der Waals surface area contributed by atoms with Crippen LogP contribution >= 0.6 is 0 Å². The number of rotatable bonds is 9. The molecule has 2 aliphatic heterocycles. The van der Waals surface area contributed by atoms with Gasteiger partial charge in [-0.25, -0.2) is 4.79 Å². The molecule has 1 amide bonds. The SMILES string of the molecule is CCOc1cc(N2CCOCC2)c(OCC)cc1NC(=O)COC(=O)[C@H]1CCCO1. The highest BCUT2D eigenvalue weighted by molar-refractivity contribution is 5.95. The quantitative estimate of drug-likeness (QED) is 0.604. The first-order valence-electron chi connectivity index (χ1n) is 10.5. The lowest BCUT2D eigenvalue weighted by atomic mass is 10.2. The molecule has 1 aromatic carbocycles. The Labute approximate surface area is 176 Å². The highest BCUT2D eigenvalue weighted by Crippen LogP contribution is 2.39. The van der Waals surface area contributed by atoms with Gasteiger partial charge in [-0.1, -0.05) is 0 Å². The zero-order valence-electron chi connectivity index (χ0n) is 17.6. The fourth-order valence-electron chi connectivity index (χ4n) is 3.42. The summed E-state index contributed by atoms with van der Waals surface area (Å²) in [7, 11) is 0. The minimum atomic E-state index is -0.575. The molecule has 0 spiro atoms. The van der Waals surface area contributed by atoms with E-state index in [2.05, 4.69) is 10.2 Å². The molecule has 166 valence electrons. The Bertz CT molecular complexity index is 728. The molecule has 30 heavy (non-hydrogen) atoms. The van der Waals surface area contributed by atoms with Crippen molar-refractivity contribution in [2.45, 2.75) is 32.8 Å². The van der Waals surface area contributed by atoms with E-state index in [1.807, 2.05) is 19.9 Å². The van der Waals surface area contributed by atoms with E-state index in [1.165, 1.54) is 0 Å². The van der Waals surface area contributed by atoms with Crippen molar-refractivity contribution in [3.8, 4) is 11.5 Å². The molecule has 9 nitrogen and oxygen atoms in total. The number of carbonyl (C=O) groups excluding carboxylic acids is 2. The van der Waals surface area contributed by atoms with Gasteiger partial charge in [-0.2, -0.15) is 0 Å². The van der Waals surface area contributed by atoms with Gasteiger partial charge in [0, 0.05) is 31.8 Å². The third-order valence-electron chi connectivity index (χ3n) is 4.82. The maximum atomic E-state index is 12.4. The van der Waals surface area contributed by atoms with Crippen LogP contribution in [0.1, 0.15) is 26.7 Å². The first-order chi connectivity index (χ1) is 14.6. The Morgan fingerprint density at radius 1 is 1.10 bits per heavy atom. The van der Waals surface area contributed by atoms with E-state index in [4.69, 9.17) is 23.7 Å². The molecule has 2 saturated heterocycles. The Kier molecular flexibility index (Phi) is 8.15. The van der Waals surface area contributed by atoms with Gasteiger partial charge in [0.05, 0.1) is 37.8 Å². The number of carbonyl (C=O) groups is 2. The van der Waals surface area contributed by atoms with Crippen LogP contribution in [-0.2, 0) is 23.8 Å². The second-order valence-corrected chi connectivity index (χ2v) is 6.94. The van der Waals surface area contributed by atoms with Crippen LogP contribution in [0.15, 0.2) is 12.1 Å². The molecule has 0 aliphatic carbocycles. The number of nitrogens with one attached hydrogen (secondary N) is 1. The summed E-state index contributed by atoms with van der Waals surface area (Å²) in [5.74, 6) is 0.213. The van der Waals surface area contributed by atoms with Gasteiger partial charge in [0.2, 0.25) is 0 Å². The predicted octanol–water partition coefficient (Wildman–Crippen LogP) is 1.98. The molecule has 2 heterocycles. The summed E-state index contributed by atoms with van der Waals surface area (Å²) in [5.41, 5.74) is 1.36. The lowest BCUT2D eigenvalue weighted by molar-refractivity contribution is -0.156. The molecular weight excluding hydrogens is 392 g/mol. The van der Waals surface area contributed by atoms with Crippen molar-refractivity contribution in [2.75, 3.05) is 62.9 Å². The van der Waals surface area contributed by atoms with Crippen molar-refractivity contribution in [1.82, 2.24) is 0 Å². The number of anilines is 2. The van der Waals surface area contributed by atoms with Crippen LogP contribution in [0.4, 0.5) is 11.4 Å². The normalized spacial score (nSPS) is 18.7. The molecule has 1 N–H and O–H groups in total. The van der Waals surface area contributed by atoms with Crippen LogP contribution in [0, 0.1) is 0 Å². The van der Waals surface area contributed by atoms with Gasteiger partial charge < -0.3 is 33.9 Å². The van der Waals surface area contributed by atoms with E-state index in [1.54, 1.807) is 6.07 Å². The fourth-order valence-corrected chi connectivity index (χ4v) is 3.42. The Morgan fingerprint density at radius 3 is 2.50 bits per heavy atom. The largest absolute Gasteiger partial charge is 0.492 e. The van der Waals surface area contributed by atoms with E-state index in [-0.39, 0.29) is 6.61 Å². The molecule has 9 heteroatoms. The summed E-state index contributed by atoms with van der Waals surface area (Å²) in [4.78, 5) is 26.5. The van der Waals surface area contributed by atoms with Crippen LogP contribution in [0.2, 0.25) is 0 Å². The second kappa shape index (κ2) is 11.0. The van der Waals surface area contributed by atoms with E-state index in [9.17, 15) is 9.59 Å². The molecule has 0 aromatic heterocycles. The standard InChI is InChI=1S/C21H30N2O7/c1-3-27-18-13-16(23-7-10-26-11-8-23)19(28-4-2)12-15(18)22-20(24)14-30-21(25)17-6-5-9-29-17/h12-13,17H,3-11,14H2,1-2H3,(H,22,24)/t17-/m1/s1. The Morgan fingerprint density at radius 2 is 1.83 bits per heavy atom. The van der Waals surface area contributed by atoms with E-state index < -0.39 is 18.0 Å². The van der Waals surface area contributed by atoms with Crippen molar-refractivity contribution in [2.24, 2.45) is 0 Å². The third-order valence-corrected chi connectivity index (χ3v) is 4.82. The van der Waals surface area contributed by atoms with Gasteiger partial charge in [-0.05, 0) is 26.7 Å². The topological polar surface area (TPSA) is 95.6 Å². The first-order valence-corrected chi connectivity index (χ1v) is 10.5. The lowest BCUT2D eigenvalue weighted by Crippen LogP contribution is -2.36. The summed E-state index contributed by atoms with van der Waals surface area (Å²) in [6.45, 7) is 7.63. The van der Waals surface area contributed by atoms with Gasteiger partial charge >= 0.3 is 5.97 Å². The van der Waals surface area contributed by atoms with Crippen LogP contribution in [0.25, 0.3) is 0 Å². The molecule has 3 rings (SSSR count). The molecular formula is C21H30N2O7. The molecule has 0 bridgehead atoms. The molecule has 1 aromatic rings. The van der Waals surface area contributed by atoms with Gasteiger partial charge in [0.15, 0.2) is 12.7 Å². The zero-order valence-corrected chi connectivity index (χ0v) is 17.6. The second-order valence-electron chi connectivity index (χ2n) is 6.94. The van der Waals surface area contributed by atoms with E-state index in [0.29, 0.717) is 56.6 Å². The number of esters is 1. The van der Waals surface area contributed by atoms with Crippen molar-refractivity contribution in [3.05, 3.63) is 12.1 Å². The highest BCUT2D eigenvalue weighted by atomic mass is 16.6. The minimum absolute atomic E-state index is 0.389. The number of hydrogen-bond donors (Lipinski definition) is 1. The number of morpholine rings is 1. The van der Waals surface area contributed by atoms with Crippen LogP contribution < -0.4 is 19.7 Å². The molecule has 0 unspecified atom stereocenters. The maximum Gasteiger partial charge on any atom is 0.335 e. The number of amides is 1. The van der Waals surface area contributed by atoms with Gasteiger partial charge in [-0.15, -0.1) is 0 Å². The molecule has 2 aliphatic rings. The van der Waals surface area contributed by atoms with Crippen molar-refractivity contribution >= 4 is 23.3 Å². The summed E-state index contributed by atoms with van der Waals surface area (Å²) in [6, 6.07) is 3.62. The Balaban J connectivity index is 1.72. The summed E-state index contributed by atoms with van der Waals surface area (Å²) in [5, 5.41) is 2.77. The van der Waals surface area contributed by atoms with Crippen molar-refractivity contribution < 1.29 is 33.3 Å². The molecule has 1 atom stereocenters. The first kappa shape index (κ1) is 22.2. The summed E-state index contributed by atoms with van der Waals surface area (Å²) < 4.78 is 27.4. The van der Waals surface area contributed by atoms with Gasteiger partial charge in [0.25, 0.3) is 5.91 Å². The molecule has 2 fully saturated rings. The number of benzene rings is 1. The molecule has 0 saturated carbocycles. The smallest absolute Gasteiger partial charge is 0.335 e. The van der Waals surface area contributed by atoms with Crippen molar-refractivity contribution in [1.29, 1.82) is 0 Å². The molecule has 0 radical (unpaired) electrons. The van der Waals surface area contributed by atoms with E-state index >= 15 is 0 Å². The highest BCUT2D eigenvalue weighted by Gasteiger charge is 2.26. The summed E-state index contributed by atoms with van der Waals surface area (Å²) >= 11 is 0. The zero-order chi connectivity index (χ0) is 21.3. The van der Waals surface area contributed by atoms with Crippen LogP contribution in [0.3, 0.4) is 0 Å². The van der Waals surface area contributed by atoms with E-state index in [0.717, 1.165) is 25.2 Å². The maximum absolute atomic E-state index is 12.4. The average molecular weight is 422 g/mol. The van der Waals surface area contributed by atoms with Crippen molar-refractivity contribution in [3.63, 3.8) is 0 Å².